The zero-order valence-electron chi connectivity index (χ0n) is 29.9. The predicted molar refractivity (Wildman–Crippen MR) is 201 cm³/mol. The zero-order valence-corrected chi connectivity index (χ0v) is 29.9. The molecule has 1 aromatic carbocycles. The molecule has 6 aromatic rings. The van der Waals surface area contributed by atoms with Crippen LogP contribution in [0.25, 0.3) is 22.2 Å². The van der Waals surface area contributed by atoms with Crippen LogP contribution < -0.4 is 26.8 Å². The Morgan fingerprint density at radius 3 is 1.98 bits per heavy atom. The van der Waals surface area contributed by atoms with Gasteiger partial charge in [-0.25, -0.2) is 15.0 Å². The normalized spacial score (nSPS) is 13.3. The van der Waals surface area contributed by atoms with Crippen molar-refractivity contribution >= 4 is 57.7 Å². The first-order valence-corrected chi connectivity index (χ1v) is 17.5. The first kappa shape index (κ1) is 37.1. The molecule has 0 spiro atoms. The fourth-order valence-corrected chi connectivity index (χ4v) is 6.02. The minimum atomic E-state index is -0.679. The Morgan fingerprint density at radius 2 is 1.36 bits per heavy atom. The Balaban J connectivity index is 1.20. The summed E-state index contributed by atoms with van der Waals surface area (Å²) >= 11 is 0. The Hall–Kier alpha value is -7.19. The van der Waals surface area contributed by atoms with E-state index in [-0.39, 0.29) is 47.2 Å². The number of carbonyl (C=O) groups is 4. The van der Waals surface area contributed by atoms with Crippen molar-refractivity contribution in [3.05, 3.63) is 95.7 Å². The number of fused-ring (bicyclic) bond motifs is 2. The fourth-order valence-electron chi connectivity index (χ4n) is 6.02. The number of ether oxygens (including phenoxy) is 2. The van der Waals surface area contributed by atoms with Crippen molar-refractivity contribution in [2.75, 3.05) is 50.1 Å². The second-order valence-corrected chi connectivity index (χ2v) is 12.5. The molecule has 20 heteroatoms. The monoisotopic (exact) mass is 760 g/mol. The number of morpholine rings is 1. The smallest absolute Gasteiger partial charge is 0.259 e. The van der Waals surface area contributed by atoms with Crippen LogP contribution in [0.1, 0.15) is 47.9 Å². The number of amides is 4. The summed E-state index contributed by atoms with van der Waals surface area (Å²) in [6.45, 7) is 4.51. The lowest BCUT2D eigenvalue weighted by Crippen LogP contribution is -2.37. The van der Waals surface area contributed by atoms with E-state index in [9.17, 15) is 19.2 Å². The van der Waals surface area contributed by atoms with E-state index in [0.717, 1.165) is 19.6 Å². The van der Waals surface area contributed by atoms with Crippen molar-refractivity contribution in [1.29, 1.82) is 0 Å². The average molecular weight is 761 g/mol. The molecular weight excluding hydrogens is 724 g/mol. The maximum absolute atomic E-state index is 13.3. The van der Waals surface area contributed by atoms with Crippen molar-refractivity contribution < 1.29 is 28.7 Å². The molecule has 0 saturated carbocycles. The average Bonchev–Trinajstić information content (AvgIpc) is 3.74. The summed E-state index contributed by atoms with van der Waals surface area (Å²) in [6.07, 6.45) is 11.1. The summed E-state index contributed by atoms with van der Waals surface area (Å²) in [5, 5.41) is 20.6. The highest BCUT2D eigenvalue weighted by Gasteiger charge is 2.21. The van der Waals surface area contributed by atoms with Gasteiger partial charge in [-0.1, -0.05) is 12.2 Å². The van der Waals surface area contributed by atoms with Crippen molar-refractivity contribution in [3.8, 4) is 5.75 Å². The summed E-state index contributed by atoms with van der Waals surface area (Å²) in [7, 11) is 0. The number of hydrogen-bond acceptors (Lipinski definition) is 14. The number of anilines is 2. The van der Waals surface area contributed by atoms with E-state index in [0.29, 0.717) is 54.2 Å². The lowest BCUT2D eigenvalue weighted by molar-refractivity contribution is 0.0358. The summed E-state index contributed by atoms with van der Waals surface area (Å²) in [6, 6.07) is 7.61. The Labute approximate surface area is 317 Å². The minimum absolute atomic E-state index is 0.150. The van der Waals surface area contributed by atoms with Crippen LogP contribution >= 0.6 is 0 Å². The number of carbonyl (C=O) groups excluding carboxylic acids is 4. The number of nitrogens with zero attached hydrogens (tertiary/aromatic N) is 10. The molecule has 0 atom stereocenters. The molecule has 1 aliphatic heterocycles. The summed E-state index contributed by atoms with van der Waals surface area (Å²) in [5.74, 6) is -1.65. The number of nitrogens with one attached hydrogen (secondary N) is 2. The number of benzene rings is 1. The van der Waals surface area contributed by atoms with E-state index in [1.165, 1.54) is 49.2 Å². The van der Waals surface area contributed by atoms with Gasteiger partial charge in [0.25, 0.3) is 11.8 Å². The molecule has 0 radical (unpaired) electrons. The highest BCUT2D eigenvalue weighted by atomic mass is 16.5. The van der Waals surface area contributed by atoms with Gasteiger partial charge in [-0.3, -0.25) is 39.3 Å². The molecule has 5 aromatic heterocycles. The number of pyridine rings is 1. The summed E-state index contributed by atoms with van der Waals surface area (Å²) in [5.41, 5.74) is 13.6. The van der Waals surface area contributed by atoms with E-state index < -0.39 is 23.6 Å². The first-order valence-electron chi connectivity index (χ1n) is 17.5. The number of primary amides is 2. The van der Waals surface area contributed by atoms with Crippen LogP contribution in [-0.2, 0) is 17.8 Å². The number of aromatic nitrogens is 9. The fraction of sp³-hybridized carbons (Fsp3) is 0.250. The molecule has 0 bridgehead atoms. The van der Waals surface area contributed by atoms with Crippen molar-refractivity contribution in [3.63, 3.8) is 0 Å². The molecular formula is C36H36N14O6. The van der Waals surface area contributed by atoms with Crippen LogP contribution in [0, 0.1) is 0 Å². The number of rotatable bonds is 15. The predicted octanol–water partition coefficient (Wildman–Crippen LogP) is 1.42. The molecule has 1 saturated heterocycles. The molecule has 6 N–H and O–H groups in total. The molecule has 1 fully saturated rings. The van der Waals surface area contributed by atoms with E-state index >= 15 is 0 Å². The van der Waals surface area contributed by atoms with E-state index in [4.69, 9.17) is 20.9 Å². The number of hydrogen-bond donors (Lipinski definition) is 4. The van der Waals surface area contributed by atoms with Crippen LogP contribution in [0.3, 0.4) is 0 Å². The molecule has 0 unspecified atom stereocenters. The van der Waals surface area contributed by atoms with Crippen molar-refractivity contribution in [1.82, 2.24) is 49.4 Å². The van der Waals surface area contributed by atoms with Gasteiger partial charge in [-0.05, 0) is 36.8 Å². The third-order valence-corrected chi connectivity index (χ3v) is 8.83. The second-order valence-electron chi connectivity index (χ2n) is 12.5. The van der Waals surface area contributed by atoms with Crippen molar-refractivity contribution in [2.24, 2.45) is 11.5 Å². The maximum atomic E-state index is 13.3. The van der Waals surface area contributed by atoms with Gasteiger partial charge < -0.3 is 25.5 Å². The lowest BCUT2D eigenvalue weighted by Gasteiger charge is -2.26. The number of nitrogens with two attached hydrogens (primary N) is 2. The molecule has 0 aliphatic carbocycles. The van der Waals surface area contributed by atoms with Crippen LogP contribution in [0.5, 0.6) is 5.75 Å². The topological polar surface area (TPSA) is 266 Å². The van der Waals surface area contributed by atoms with Gasteiger partial charge in [0, 0.05) is 44.5 Å². The summed E-state index contributed by atoms with van der Waals surface area (Å²) in [4.78, 5) is 66.6. The quantitative estimate of drug-likeness (QED) is 0.0852. The Bertz CT molecular complexity index is 2430. The number of allylic oxidation sites excluding steroid dienone is 2. The van der Waals surface area contributed by atoms with Gasteiger partial charge in [0.05, 0.1) is 66.8 Å². The zero-order chi connectivity index (χ0) is 39.0. The van der Waals surface area contributed by atoms with E-state index in [1.54, 1.807) is 27.3 Å². The number of imidazole rings is 2. The van der Waals surface area contributed by atoms with Crippen molar-refractivity contribution in [2.45, 2.75) is 19.5 Å². The van der Waals surface area contributed by atoms with E-state index in [2.05, 4.69) is 50.9 Å². The lowest BCUT2D eigenvalue weighted by atomic mass is 10.1. The SMILES string of the molecule is NC(=O)c1cnc2c(c1)nc(NC(=O)c1ccnnc1)n2C/C=C/Cn1c(NC(=O)c2ccnnc2)nc2cc(C(N)=O)cc(OCCCN3CCOCC3)c21. The van der Waals surface area contributed by atoms with Crippen LogP contribution in [0.2, 0.25) is 0 Å². The van der Waals surface area contributed by atoms with Crippen LogP contribution in [0.4, 0.5) is 11.9 Å². The van der Waals surface area contributed by atoms with E-state index in [1.807, 2.05) is 6.08 Å². The molecule has 286 valence electrons. The molecule has 4 amide bonds. The third kappa shape index (κ3) is 8.45. The minimum Gasteiger partial charge on any atom is -0.491 e. The van der Waals surface area contributed by atoms with Gasteiger partial charge in [-0.15, -0.1) is 0 Å². The molecule has 56 heavy (non-hydrogen) atoms. The molecule has 1 aliphatic rings. The largest absolute Gasteiger partial charge is 0.491 e. The van der Waals surface area contributed by atoms with Gasteiger partial charge in [0.15, 0.2) is 5.65 Å². The summed E-state index contributed by atoms with van der Waals surface area (Å²) < 4.78 is 15.1. The Morgan fingerprint density at radius 1 is 0.750 bits per heavy atom. The van der Waals surface area contributed by atoms with Gasteiger partial charge in [-0.2, -0.15) is 20.4 Å². The molecule has 7 rings (SSSR count). The molecule has 6 heterocycles. The maximum Gasteiger partial charge on any atom is 0.259 e. The van der Waals surface area contributed by atoms with Crippen LogP contribution in [0.15, 0.2) is 73.5 Å². The second kappa shape index (κ2) is 16.9. The van der Waals surface area contributed by atoms with Gasteiger partial charge in [0.1, 0.15) is 16.8 Å². The highest BCUT2D eigenvalue weighted by Crippen LogP contribution is 2.31. The van der Waals surface area contributed by atoms with Gasteiger partial charge >= 0.3 is 0 Å². The third-order valence-electron chi connectivity index (χ3n) is 8.83. The highest BCUT2D eigenvalue weighted by molar-refractivity contribution is 6.05. The standard InChI is InChI=1S/C36H36N14O6/c37-30(51)24-16-26-29(28(18-24)56-13-3-8-48-11-14-55-15-12-48)49(35(44-26)46-33(53)22-4-6-40-42-20-22)9-1-2-10-50-32-27(17-25(19-39-32)31(38)52)45-36(50)47-34(54)23-5-7-41-43-21-23/h1-2,4-7,16-21H,3,8-15H2,(H2,37,51)(H2,38,52)(H,44,46,53)(H,45,47,54)/b2-1+. The Kier molecular flexibility index (Phi) is 11.2. The van der Waals surface area contributed by atoms with Gasteiger partial charge in [0.2, 0.25) is 23.7 Å². The molecule has 20 nitrogen and oxygen atoms in total. The van der Waals surface area contributed by atoms with Crippen LogP contribution in [-0.4, -0.2) is 112 Å². The first-order chi connectivity index (χ1) is 27.2.